The Morgan fingerprint density at radius 1 is 1.36 bits per heavy atom. The van der Waals surface area contributed by atoms with E-state index in [2.05, 4.69) is 0 Å². The van der Waals surface area contributed by atoms with Crippen molar-refractivity contribution in [2.24, 2.45) is 0 Å². The summed E-state index contributed by atoms with van der Waals surface area (Å²) in [6.07, 6.45) is -0.656. The molecular formula is C16H22ClNO4. The average molecular weight is 328 g/mol. The van der Waals surface area contributed by atoms with Gasteiger partial charge in [-0.15, -0.1) is 0 Å². The second-order valence-electron chi connectivity index (χ2n) is 6.01. The first-order valence-corrected chi connectivity index (χ1v) is 7.43. The third kappa shape index (κ3) is 4.63. The Kier molecular flexibility index (Phi) is 5.83. The molecule has 0 fully saturated rings. The van der Waals surface area contributed by atoms with Crippen LogP contribution in [-0.4, -0.2) is 34.2 Å². The van der Waals surface area contributed by atoms with Crippen LogP contribution < -0.4 is 0 Å². The number of rotatable bonds is 4. The number of likely N-dealkylation sites (N-methyl/N-ethyl adjacent to an activating group) is 1. The summed E-state index contributed by atoms with van der Waals surface area (Å²) in [5, 5.41) is 10.1. The summed E-state index contributed by atoms with van der Waals surface area (Å²) in [6.45, 7) is 8.91. The van der Waals surface area contributed by atoms with Crippen LogP contribution in [0.25, 0.3) is 0 Å². The molecule has 0 heterocycles. The molecule has 1 aromatic carbocycles. The number of carbonyl (C=O) groups excluding carboxylic acids is 1. The summed E-state index contributed by atoms with van der Waals surface area (Å²) in [6, 6.07) is 3.80. The van der Waals surface area contributed by atoms with Crippen molar-refractivity contribution in [1.29, 1.82) is 0 Å². The lowest BCUT2D eigenvalue weighted by Crippen LogP contribution is -2.42. The minimum absolute atomic E-state index is 0.216. The molecule has 6 heteroatoms. The molecule has 0 aromatic heterocycles. The summed E-state index contributed by atoms with van der Waals surface area (Å²) in [4.78, 5) is 25.2. The van der Waals surface area contributed by atoms with Crippen molar-refractivity contribution >= 4 is 23.7 Å². The largest absolute Gasteiger partial charge is 0.479 e. The fourth-order valence-electron chi connectivity index (χ4n) is 2.12. The van der Waals surface area contributed by atoms with Gasteiger partial charge in [-0.1, -0.05) is 17.7 Å². The quantitative estimate of drug-likeness (QED) is 0.906. The SMILES string of the molecule is CCN(C(=O)OC(C)(C)C)C(C(=O)O)c1ccc(Cl)cc1C. The molecule has 0 aliphatic carbocycles. The molecule has 0 aliphatic rings. The van der Waals surface area contributed by atoms with E-state index in [0.717, 1.165) is 0 Å². The highest BCUT2D eigenvalue weighted by Gasteiger charge is 2.34. The number of carbonyl (C=O) groups is 2. The highest BCUT2D eigenvalue weighted by molar-refractivity contribution is 6.30. The van der Waals surface area contributed by atoms with Gasteiger partial charge >= 0.3 is 12.1 Å². The van der Waals surface area contributed by atoms with Gasteiger partial charge in [0.15, 0.2) is 6.04 Å². The van der Waals surface area contributed by atoms with Crippen LogP contribution in [0.4, 0.5) is 4.79 Å². The van der Waals surface area contributed by atoms with Gasteiger partial charge in [0.2, 0.25) is 0 Å². The minimum atomic E-state index is -1.11. The van der Waals surface area contributed by atoms with Crippen molar-refractivity contribution < 1.29 is 19.4 Å². The van der Waals surface area contributed by atoms with E-state index in [1.165, 1.54) is 4.90 Å². The van der Waals surface area contributed by atoms with E-state index in [9.17, 15) is 14.7 Å². The van der Waals surface area contributed by atoms with Gasteiger partial charge in [-0.05, 0) is 57.9 Å². The van der Waals surface area contributed by atoms with Crippen LogP contribution >= 0.6 is 11.6 Å². The number of benzene rings is 1. The van der Waals surface area contributed by atoms with Crippen molar-refractivity contribution in [2.45, 2.75) is 46.3 Å². The first kappa shape index (κ1) is 18.3. The van der Waals surface area contributed by atoms with Gasteiger partial charge in [0.25, 0.3) is 0 Å². The summed E-state index contributed by atoms with van der Waals surface area (Å²) in [5.74, 6) is -1.11. The fraction of sp³-hybridized carbons (Fsp3) is 0.500. The van der Waals surface area contributed by atoms with Crippen molar-refractivity contribution in [1.82, 2.24) is 4.90 Å². The Labute approximate surface area is 135 Å². The fourth-order valence-corrected chi connectivity index (χ4v) is 2.34. The highest BCUT2D eigenvalue weighted by atomic mass is 35.5. The van der Waals surface area contributed by atoms with E-state index in [0.29, 0.717) is 16.1 Å². The molecular weight excluding hydrogens is 306 g/mol. The van der Waals surface area contributed by atoms with Crippen LogP contribution in [0.15, 0.2) is 18.2 Å². The molecule has 1 rings (SSSR count). The molecule has 0 bridgehead atoms. The second kappa shape index (κ2) is 7.01. The highest BCUT2D eigenvalue weighted by Crippen LogP contribution is 2.28. The van der Waals surface area contributed by atoms with Gasteiger partial charge in [0.05, 0.1) is 0 Å². The molecule has 22 heavy (non-hydrogen) atoms. The molecule has 0 spiro atoms. The van der Waals surface area contributed by atoms with E-state index >= 15 is 0 Å². The second-order valence-corrected chi connectivity index (χ2v) is 6.44. The summed E-state index contributed by atoms with van der Waals surface area (Å²) in [5.41, 5.74) is 0.536. The molecule has 1 N–H and O–H groups in total. The number of halogens is 1. The van der Waals surface area contributed by atoms with Crippen LogP contribution in [0.1, 0.15) is 44.9 Å². The summed E-state index contributed by atoms with van der Waals surface area (Å²) >= 11 is 5.91. The zero-order chi connectivity index (χ0) is 17.1. The molecule has 1 atom stereocenters. The molecule has 1 unspecified atom stereocenters. The predicted molar refractivity (Wildman–Crippen MR) is 85.2 cm³/mol. The third-order valence-corrected chi connectivity index (χ3v) is 3.28. The van der Waals surface area contributed by atoms with E-state index < -0.39 is 23.7 Å². The average Bonchev–Trinajstić information content (AvgIpc) is 2.34. The molecule has 1 amide bonds. The van der Waals surface area contributed by atoms with Gasteiger partial charge in [-0.25, -0.2) is 9.59 Å². The summed E-state index contributed by atoms with van der Waals surface area (Å²) < 4.78 is 5.30. The van der Waals surface area contributed by atoms with Gasteiger partial charge in [0, 0.05) is 11.6 Å². The van der Waals surface area contributed by atoms with Crippen molar-refractivity contribution in [3.8, 4) is 0 Å². The molecule has 0 saturated carbocycles. The Bertz CT molecular complexity index is 566. The maximum atomic E-state index is 12.3. The van der Waals surface area contributed by atoms with Gasteiger partial charge < -0.3 is 9.84 Å². The molecule has 0 saturated heterocycles. The topological polar surface area (TPSA) is 66.8 Å². The molecule has 122 valence electrons. The standard InChI is InChI=1S/C16H22ClNO4/c1-6-18(15(21)22-16(3,4)5)13(14(19)20)12-8-7-11(17)9-10(12)2/h7-9,13H,6H2,1-5H3,(H,19,20). The van der Waals surface area contributed by atoms with Crippen molar-refractivity contribution in [3.63, 3.8) is 0 Å². The molecule has 0 radical (unpaired) electrons. The summed E-state index contributed by atoms with van der Waals surface area (Å²) in [7, 11) is 0. The minimum Gasteiger partial charge on any atom is -0.479 e. The van der Waals surface area contributed by atoms with Crippen molar-refractivity contribution in [3.05, 3.63) is 34.3 Å². The predicted octanol–water partition coefficient (Wildman–Crippen LogP) is 4.03. The van der Waals surface area contributed by atoms with E-state index in [1.807, 2.05) is 0 Å². The van der Waals surface area contributed by atoms with Gasteiger partial charge in [0.1, 0.15) is 5.60 Å². The maximum absolute atomic E-state index is 12.3. The lowest BCUT2D eigenvalue weighted by atomic mass is 10.00. The van der Waals surface area contributed by atoms with Gasteiger partial charge in [-0.2, -0.15) is 0 Å². The number of carboxylic acid groups (broad SMARTS) is 1. The number of nitrogens with zero attached hydrogens (tertiary/aromatic N) is 1. The first-order chi connectivity index (χ1) is 10.1. The van der Waals surface area contributed by atoms with Gasteiger partial charge in [-0.3, -0.25) is 4.90 Å². The lowest BCUT2D eigenvalue weighted by Gasteiger charge is -2.31. The number of aryl methyl sites for hydroxylation is 1. The van der Waals surface area contributed by atoms with E-state index in [-0.39, 0.29) is 6.54 Å². The number of aliphatic carboxylic acids is 1. The van der Waals surface area contributed by atoms with Crippen molar-refractivity contribution in [2.75, 3.05) is 6.54 Å². The Morgan fingerprint density at radius 2 is 1.95 bits per heavy atom. The van der Waals surface area contributed by atoms with E-state index in [4.69, 9.17) is 16.3 Å². The first-order valence-electron chi connectivity index (χ1n) is 7.05. The number of amides is 1. The Hall–Kier alpha value is -1.75. The van der Waals surface area contributed by atoms with Crippen LogP contribution in [0.5, 0.6) is 0 Å². The number of carboxylic acids is 1. The molecule has 5 nitrogen and oxygen atoms in total. The van der Waals surface area contributed by atoms with Crippen LogP contribution in [0.3, 0.4) is 0 Å². The number of hydrogen-bond acceptors (Lipinski definition) is 3. The normalized spacial score (nSPS) is 12.6. The number of ether oxygens (including phenoxy) is 1. The lowest BCUT2D eigenvalue weighted by molar-refractivity contribution is -0.143. The molecule has 0 aliphatic heterocycles. The number of hydrogen-bond donors (Lipinski definition) is 1. The van der Waals surface area contributed by atoms with Crippen LogP contribution in [-0.2, 0) is 9.53 Å². The third-order valence-electron chi connectivity index (χ3n) is 3.04. The zero-order valence-corrected chi connectivity index (χ0v) is 14.3. The monoisotopic (exact) mass is 327 g/mol. The Balaban J connectivity index is 3.22. The van der Waals surface area contributed by atoms with Crippen LogP contribution in [0, 0.1) is 6.92 Å². The molecule has 1 aromatic rings. The maximum Gasteiger partial charge on any atom is 0.411 e. The smallest absolute Gasteiger partial charge is 0.411 e. The van der Waals surface area contributed by atoms with Crippen LogP contribution in [0.2, 0.25) is 5.02 Å². The zero-order valence-electron chi connectivity index (χ0n) is 13.5. The Morgan fingerprint density at radius 3 is 2.36 bits per heavy atom. The van der Waals surface area contributed by atoms with E-state index in [1.54, 1.807) is 52.8 Å².